The summed E-state index contributed by atoms with van der Waals surface area (Å²) in [6.45, 7) is 0. The van der Waals surface area contributed by atoms with Crippen molar-refractivity contribution >= 4 is 15.9 Å². The van der Waals surface area contributed by atoms with Gasteiger partial charge in [0.15, 0.2) is 11.5 Å². The molecule has 0 radical (unpaired) electrons. The molecule has 3 N–H and O–H groups in total. The van der Waals surface area contributed by atoms with Gasteiger partial charge in [-0.2, -0.15) is 8.42 Å². The van der Waals surface area contributed by atoms with Crippen molar-refractivity contribution in [2.45, 2.75) is 0 Å². The molecule has 0 spiro atoms. The molecule has 2 rings (SSSR count). The molecule has 0 amide bonds. The van der Waals surface area contributed by atoms with Crippen molar-refractivity contribution in [2.75, 3.05) is 11.8 Å². The van der Waals surface area contributed by atoms with Crippen molar-refractivity contribution in [2.24, 2.45) is 5.14 Å². The monoisotopic (exact) mass is 294 g/mol. The fraction of sp³-hybridized carbons (Fsp3) is 0.0769. The maximum Gasteiger partial charge on any atom is 0.296 e. The van der Waals surface area contributed by atoms with E-state index >= 15 is 0 Å². The van der Waals surface area contributed by atoms with E-state index in [0.29, 0.717) is 22.9 Å². The van der Waals surface area contributed by atoms with E-state index in [9.17, 15) is 8.42 Å². The van der Waals surface area contributed by atoms with Crippen molar-refractivity contribution in [3.63, 3.8) is 0 Å². The quantitative estimate of drug-likeness (QED) is 0.883. The lowest BCUT2D eigenvalue weighted by atomic mass is 10.3. The summed E-state index contributed by atoms with van der Waals surface area (Å²) in [6, 6.07) is 13.6. The summed E-state index contributed by atoms with van der Waals surface area (Å²) >= 11 is 0. The molecule has 0 aliphatic carbocycles. The van der Waals surface area contributed by atoms with Crippen LogP contribution < -0.4 is 19.3 Å². The van der Waals surface area contributed by atoms with E-state index in [1.54, 1.807) is 43.5 Å². The number of benzene rings is 2. The third kappa shape index (κ3) is 3.87. The minimum Gasteiger partial charge on any atom is -0.493 e. The highest BCUT2D eigenvalue weighted by Crippen LogP contribution is 2.31. The lowest BCUT2D eigenvalue weighted by Crippen LogP contribution is -2.21. The van der Waals surface area contributed by atoms with Gasteiger partial charge in [-0.3, -0.25) is 4.72 Å². The lowest BCUT2D eigenvalue weighted by Gasteiger charge is -2.10. The number of ether oxygens (including phenoxy) is 2. The van der Waals surface area contributed by atoms with Gasteiger partial charge in [-0.1, -0.05) is 12.1 Å². The van der Waals surface area contributed by atoms with Gasteiger partial charge in [0.1, 0.15) is 5.75 Å². The number of anilines is 1. The summed E-state index contributed by atoms with van der Waals surface area (Å²) in [7, 11) is -2.21. The van der Waals surface area contributed by atoms with Crippen LogP contribution in [0.3, 0.4) is 0 Å². The second kappa shape index (κ2) is 5.81. The first kappa shape index (κ1) is 14.2. The average Bonchev–Trinajstić information content (AvgIpc) is 2.40. The third-order valence-electron chi connectivity index (χ3n) is 2.41. The molecule has 6 nitrogen and oxygen atoms in total. The van der Waals surface area contributed by atoms with Crippen LogP contribution in [0.15, 0.2) is 48.5 Å². The number of para-hydroxylation sites is 2. The Hall–Kier alpha value is -2.25. The Morgan fingerprint density at radius 2 is 1.60 bits per heavy atom. The SMILES string of the molecule is COc1ccccc1Oc1ccc(NS(N)(=O)=O)cc1. The normalized spacial score (nSPS) is 10.9. The maximum absolute atomic E-state index is 10.9. The number of nitrogens with one attached hydrogen (secondary N) is 1. The molecule has 0 fully saturated rings. The predicted octanol–water partition coefficient (Wildman–Crippen LogP) is 2.10. The first-order valence-electron chi connectivity index (χ1n) is 5.69. The molecule has 0 atom stereocenters. The molecule has 7 heteroatoms. The van der Waals surface area contributed by atoms with E-state index in [0.717, 1.165) is 0 Å². The molecule has 0 bridgehead atoms. The fourth-order valence-corrected chi connectivity index (χ4v) is 2.05. The van der Waals surface area contributed by atoms with Crippen LogP contribution in [-0.2, 0) is 10.2 Å². The average molecular weight is 294 g/mol. The summed E-state index contributed by atoms with van der Waals surface area (Å²) in [5.74, 6) is 1.73. The number of nitrogens with two attached hydrogens (primary N) is 1. The zero-order valence-electron chi connectivity index (χ0n) is 10.7. The van der Waals surface area contributed by atoms with Crippen LogP contribution in [0.2, 0.25) is 0 Å². The van der Waals surface area contributed by atoms with Gasteiger partial charge in [0.05, 0.1) is 7.11 Å². The van der Waals surface area contributed by atoms with Gasteiger partial charge >= 0.3 is 0 Å². The predicted molar refractivity (Wildman–Crippen MR) is 76.2 cm³/mol. The molecular formula is C13H14N2O4S. The van der Waals surface area contributed by atoms with Crippen LogP contribution in [0.5, 0.6) is 17.2 Å². The Morgan fingerprint density at radius 1 is 1.00 bits per heavy atom. The Labute approximate surface area is 117 Å². The van der Waals surface area contributed by atoms with Crippen LogP contribution in [-0.4, -0.2) is 15.5 Å². The summed E-state index contributed by atoms with van der Waals surface area (Å²) in [6.07, 6.45) is 0. The Morgan fingerprint density at radius 3 is 2.15 bits per heavy atom. The molecular weight excluding hydrogens is 280 g/mol. The lowest BCUT2D eigenvalue weighted by molar-refractivity contribution is 0.379. The van der Waals surface area contributed by atoms with Gasteiger partial charge in [-0.15, -0.1) is 0 Å². The summed E-state index contributed by atoms with van der Waals surface area (Å²) in [5, 5.41) is 4.88. The highest BCUT2D eigenvalue weighted by atomic mass is 32.2. The largest absolute Gasteiger partial charge is 0.493 e. The van der Waals surface area contributed by atoms with Crippen LogP contribution in [0, 0.1) is 0 Å². The number of rotatable bonds is 5. The molecule has 0 aliphatic heterocycles. The van der Waals surface area contributed by atoms with E-state index in [-0.39, 0.29) is 0 Å². The van der Waals surface area contributed by atoms with Gasteiger partial charge in [-0.25, -0.2) is 5.14 Å². The smallest absolute Gasteiger partial charge is 0.296 e. The van der Waals surface area contributed by atoms with Crippen LogP contribution in [0.1, 0.15) is 0 Å². The highest BCUT2D eigenvalue weighted by Gasteiger charge is 2.05. The van der Waals surface area contributed by atoms with E-state index in [1.165, 1.54) is 0 Å². The Bertz CT molecular complexity index is 684. The zero-order chi connectivity index (χ0) is 14.6. The number of methoxy groups -OCH3 is 1. The highest BCUT2D eigenvalue weighted by molar-refractivity contribution is 7.90. The Balaban J connectivity index is 2.15. The van der Waals surface area contributed by atoms with Crippen molar-refractivity contribution in [1.29, 1.82) is 0 Å². The van der Waals surface area contributed by atoms with Crippen molar-refractivity contribution in [1.82, 2.24) is 0 Å². The second-order valence-electron chi connectivity index (χ2n) is 3.92. The van der Waals surface area contributed by atoms with Gasteiger partial charge in [0, 0.05) is 5.69 Å². The molecule has 2 aromatic rings. The van der Waals surface area contributed by atoms with Crippen LogP contribution in [0.25, 0.3) is 0 Å². The van der Waals surface area contributed by atoms with Gasteiger partial charge in [0.25, 0.3) is 10.2 Å². The third-order valence-corrected chi connectivity index (χ3v) is 2.93. The molecule has 0 aromatic heterocycles. The van der Waals surface area contributed by atoms with Crippen molar-refractivity contribution < 1.29 is 17.9 Å². The molecule has 0 heterocycles. The molecule has 0 saturated heterocycles. The van der Waals surface area contributed by atoms with E-state index in [2.05, 4.69) is 4.72 Å². The van der Waals surface area contributed by atoms with Gasteiger partial charge < -0.3 is 9.47 Å². The van der Waals surface area contributed by atoms with Crippen LogP contribution >= 0.6 is 0 Å². The van der Waals surface area contributed by atoms with Crippen LogP contribution in [0.4, 0.5) is 5.69 Å². The van der Waals surface area contributed by atoms with Crippen molar-refractivity contribution in [3.8, 4) is 17.2 Å². The topological polar surface area (TPSA) is 90.7 Å². The van der Waals surface area contributed by atoms with E-state index < -0.39 is 10.2 Å². The zero-order valence-corrected chi connectivity index (χ0v) is 11.6. The van der Waals surface area contributed by atoms with E-state index in [4.69, 9.17) is 14.6 Å². The first-order valence-corrected chi connectivity index (χ1v) is 7.24. The van der Waals surface area contributed by atoms with Crippen molar-refractivity contribution in [3.05, 3.63) is 48.5 Å². The summed E-state index contributed by atoms with van der Waals surface area (Å²) in [4.78, 5) is 0. The van der Waals surface area contributed by atoms with E-state index in [1.807, 2.05) is 12.1 Å². The van der Waals surface area contributed by atoms with Gasteiger partial charge in [0.2, 0.25) is 0 Å². The molecule has 0 saturated carbocycles. The minimum atomic E-state index is -3.77. The Kier molecular flexibility index (Phi) is 4.11. The number of hydrogen-bond acceptors (Lipinski definition) is 4. The standard InChI is InChI=1S/C13H14N2O4S/c1-18-12-4-2-3-5-13(12)19-11-8-6-10(7-9-11)15-20(14,16)17/h2-9,15H,1H3,(H2,14,16,17). The maximum atomic E-state index is 10.9. The minimum absolute atomic E-state index is 0.361. The molecule has 106 valence electrons. The first-order chi connectivity index (χ1) is 9.48. The second-order valence-corrected chi connectivity index (χ2v) is 5.22. The molecule has 0 aliphatic rings. The molecule has 0 unspecified atom stereocenters. The number of hydrogen-bond donors (Lipinski definition) is 2. The molecule has 2 aromatic carbocycles. The summed E-state index contributed by atoms with van der Waals surface area (Å²) in [5.41, 5.74) is 0.361. The summed E-state index contributed by atoms with van der Waals surface area (Å²) < 4.78 is 34.7. The van der Waals surface area contributed by atoms with Gasteiger partial charge in [-0.05, 0) is 36.4 Å². The fourth-order valence-electron chi connectivity index (χ4n) is 1.59. The molecule has 20 heavy (non-hydrogen) atoms.